The van der Waals surface area contributed by atoms with Crippen LogP contribution in [0.25, 0.3) is 0 Å². The van der Waals surface area contributed by atoms with Gasteiger partial charge in [-0.15, -0.1) is 11.8 Å². The molecule has 4 rings (SSSR count). The predicted octanol–water partition coefficient (Wildman–Crippen LogP) is -2.45. The molecule has 1 saturated heterocycles. The van der Waals surface area contributed by atoms with Gasteiger partial charge in [0.2, 0.25) is 0 Å². The predicted molar refractivity (Wildman–Crippen MR) is 104 cm³/mol. The number of aromatic nitrogens is 4. The van der Waals surface area contributed by atoms with Crippen LogP contribution in [0.3, 0.4) is 0 Å². The fourth-order valence-electron chi connectivity index (χ4n) is 3.37. The molecule has 13 heteroatoms. The number of H-pyrrole nitrogens is 1. The van der Waals surface area contributed by atoms with Crippen molar-refractivity contribution < 1.29 is 28.9 Å². The summed E-state index contributed by atoms with van der Waals surface area (Å²) < 4.78 is 1.76. The first-order valence-corrected chi connectivity index (χ1v) is 10.1. The van der Waals surface area contributed by atoms with Gasteiger partial charge in [-0.2, -0.15) is 9.67 Å². The van der Waals surface area contributed by atoms with Crippen LogP contribution in [-0.4, -0.2) is 67.9 Å². The van der Waals surface area contributed by atoms with E-state index >= 15 is 0 Å². The van der Waals surface area contributed by atoms with Gasteiger partial charge in [-0.3, -0.25) is 24.6 Å². The number of rotatable bonds is 7. The van der Waals surface area contributed by atoms with Crippen molar-refractivity contribution in [2.75, 3.05) is 12.9 Å². The first-order chi connectivity index (χ1) is 15.0. The summed E-state index contributed by atoms with van der Waals surface area (Å²) in [6.07, 6.45) is 8.00. The highest BCUT2D eigenvalue weighted by molar-refractivity contribution is 8.00. The second-order valence-corrected chi connectivity index (χ2v) is 7.72. The molecular weight excluding hydrogens is 426 g/mol. The average molecular weight is 443 g/mol. The molecule has 0 aromatic carbocycles. The van der Waals surface area contributed by atoms with Gasteiger partial charge in [-0.1, -0.05) is 5.16 Å². The number of carbonyl (C=O) groups excluding carboxylic acids is 3. The zero-order valence-corrected chi connectivity index (χ0v) is 17.0. The van der Waals surface area contributed by atoms with Crippen LogP contribution >= 0.6 is 11.8 Å². The average Bonchev–Trinajstić information content (AvgIpc) is 3.30. The number of aliphatic carboxylic acids is 1. The number of carboxylic acid groups (broad SMARTS) is 1. The highest BCUT2D eigenvalue weighted by Gasteiger charge is 2.53. The molecular formula is C18H17N7O5S. The van der Waals surface area contributed by atoms with Crippen LogP contribution in [-0.2, 0) is 25.8 Å². The van der Waals surface area contributed by atoms with Gasteiger partial charge in [0.1, 0.15) is 18.5 Å². The van der Waals surface area contributed by atoms with Crippen molar-refractivity contribution in [2.24, 2.45) is 5.16 Å². The summed E-state index contributed by atoms with van der Waals surface area (Å²) >= 11 is 1.36. The van der Waals surface area contributed by atoms with Crippen LogP contribution < -0.4 is 15.0 Å². The Hall–Kier alpha value is -3.74. The number of amides is 2. The monoisotopic (exact) mass is 443 g/mol. The quantitative estimate of drug-likeness (QED) is 0.207. The third kappa shape index (κ3) is 3.86. The van der Waals surface area contributed by atoms with Gasteiger partial charge < -0.3 is 20.1 Å². The van der Waals surface area contributed by atoms with E-state index in [1.165, 1.54) is 31.1 Å². The summed E-state index contributed by atoms with van der Waals surface area (Å²) in [5.74, 6) is -2.27. The van der Waals surface area contributed by atoms with Gasteiger partial charge in [-0.25, -0.2) is 0 Å². The van der Waals surface area contributed by atoms with E-state index in [2.05, 4.69) is 25.7 Å². The van der Waals surface area contributed by atoms with E-state index in [9.17, 15) is 19.5 Å². The number of hydrogen-bond donors (Lipinski definition) is 2. The molecule has 160 valence electrons. The number of nitrogens with zero attached hydrogens (tertiary/aromatic N) is 5. The molecule has 31 heavy (non-hydrogen) atoms. The van der Waals surface area contributed by atoms with E-state index < -0.39 is 29.2 Å². The number of fused-ring (bicyclic) bond motifs is 1. The first-order valence-electron chi connectivity index (χ1n) is 9.10. The fraction of sp³-hybridized carbons (Fsp3) is 0.278. The van der Waals surface area contributed by atoms with Crippen molar-refractivity contribution in [1.29, 1.82) is 0 Å². The summed E-state index contributed by atoms with van der Waals surface area (Å²) in [6.45, 7) is 0.275. The molecule has 4 heterocycles. The Balaban J connectivity index is 1.53. The summed E-state index contributed by atoms with van der Waals surface area (Å²) in [6, 6.07) is 0.619. The molecule has 2 aromatic heterocycles. The lowest BCUT2D eigenvalue weighted by Crippen LogP contribution is -2.71. The minimum absolute atomic E-state index is 0.0856. The Morgan fingerprint density at radius 2 is 2.19 bits per heavy atom. The Bertz CT molecular complexity index is 1070. The van der Waals surface area contributed by atoms with Crippen molar-refractivity contribution in [3.63, 3.8) is 0 Å². The SMILES string of the molecule is CO/N=C(\C(=O)NC1C(=O)N2C(C(=O)[O-])=C(C[n+]3ccncc3)CS[C@H]12)c1ccn[nH]1. The largest absolute Gasteiger partial charge is 0.543 e. The summed E-state index contributed by atoms with van der Waals surface area (Å²) in [4.78, 5) is 47.1. The van der Waals surface area contributed by atoms with E-state index in [0.29, 0.717) is 17.0 Å². The number of oxime groups is 1. The van der Waals surface area contributed by atoms with E-state index in [1.54, 1.807) is 29.4 Å². The topological polar surface area (TPSA) is 157 Å². The number of carboxylic acids is 1. The molecule has 2 amide bonds. The van der Waals surface area contributed by atoms with E-state index in [-0.39, 0.29) is 18.0 Å². The number of nitrogens with one attached hydrogen (secondary N) is 2. The molecule has 2 aliphatic rings. The minimum atomic E-state index is -1.44. The van der Waals surface area contributed by atoms with E-state index in [4.69, 9.17) is 4.84 Å². The standard InChI is InChI=1S/C18H17N7O5S/c1-30-23-12(11-2-3-20-22-11)15(26)21-13-16(27)25-14(18(28)29)10(9-31-17(13)25)8-24-6-4-19-5-7-24/h2-7,13,17H,8-9H2,1H3,(H2-,20,21,22,23,26,28,29)/t13?,17-/m1/s1. The Kier molecular flexibility index (Phi) is 5.66. The fourth-order valence-corrected chi connectivity index (χ4v) is 4.70. The van der Waals surface area contributed by atoms with Crippen LogP contribution in [0.5, 0.6) is 0 Å². The number of thioether (sulfide) groups is 1. The molecule has 2 N–H and O–H groups in total. The third-order valence-corrected chi connectivity index (χ3v) is 6.08. The number of β-lactam (4-membered cyclic amide) rings is 1. The van der Waals surface area contributed by atoms with Gasteiger partial charge in [0, 0.05) is 17.5 Å². The molecule has 0 radical (unpaired) electrons. The van der Waals surface area contributed by atoms with Gasteiger partial charge >= 0.3 is 0 Å². The minimum Gasteiger partial charge on any atom is -0.543 e. The molecule has 2 atom stereocenters. The van der Waals surface area contributed by atoms with Crippen molar-refractivity contribution in [2.45, 2.75) is 18.0 Å². The first kappa shape index (κ1) is 20.5. The Morgan fingerprint density at radius 3 is 2.84 bits per heavy atom. The molecule has 0 saturated carbocycles. The number of aromatic amines is 1. The number of hydrogen-bond acceptors (Lipinski definition) is 9. The van der Waals surface area contributed by atoms with Crippen molar-refractivity contribution in [3.05, 3.63) is 54.0 Å². The van der Waals surface area contributed by atoms with Gasteiger partial charge in [-0.05, 0) is 6.07 Å². The lowest BCUT2D eigenvalue weighted by molar-refractivity contribution is -0.689. The second kappa shape index (κ2) is 8.55. The summed E-state index contributed by atoms with van der Waals surface area (Å²) in [7, 11) is 1.29. The molecule has 0 bridgehead atoms. The molecule has 12 nitrogen and oxygen atoms in total. The highest BCUT2D eigenvalue weighted by Crippen LogP contribution is 2.40. The van der Waals surface area contributed by atoms with Crippen LogP contribution in [0.15, 0.2) is 53.5 Å². The third-order valence-electron chi connectivity index (χ3n) is 4.74. The zero-order valence-electron chi connectivity index (χ0n) is 16.2. The molecule has 0 aliphatic carbocycles. The van der Waals surface area contributed by atoms with Crippen LogP contribution in [0.2, 0.25) is 0 Å². The van der Waals surface area contributed by atoms with E-state index in [1.807, 2.05) is 0 Å². The molecule has 1 fully saturated rings. The van der Waals surface area contributed by atoms with Gasteiger partial charge in [0.05, 0.1) is 29.8 Å². The Labute approximate surface area is 180 Å². The maximum absolute atomic E-state index is 12.8. The van der Waals surface area contributed by atoms with Crippen LogP contribution in [0, 0.1) is 0 Å². The van der Waals surface area contributed by atoms with Crippen LogP contribution in [0.4, 0.5) is 0 Å². The normalized spacial score (nSPS) is 20.7. The lowest BCUT2D eigenvalue weighted by Gasteiger charge is -2.50. The molecule has 2 aromatic rings. The van der Waals surface area contributed by atoms with Crippen molar-refractivity contribution in [3.8, 4) is 0 Å². The molecule has 0 spiro atoms. The number of carbonyl (C=O) groups is 3. The maximum atomic E-state index is 12.8. The molecule has 2 aliphatic heterocycles. The zero-order chi connectivity index (χ0) is 22.0. The van der Waals surface area contributed by atoms with Crippen LogP contribution in [0.1, 0.15) is 5.69 Å². The Morgan fingerprint density at radius 1 is 1.42 bits per heavy atom. The van der Waals surface area contributed by atoms with Crippen molar-refractivity contribution in [1.82, 2.24) is 25.4 Å². The maximum Gasteiger partial charge on any atom is 0.276 e. The second-order valence-electron chi connectivity index (χ2n) is 6.61. The smallest absolute Gasteiger partial charge is 0.276 e. The molecule has 1 unspecified atom stereocenters. The van der Waals surface area contributed by atoms with E-state index in [0.717, 1.165) is 4.90 Å². The van der Waals surface area contributed by atoms with Gasteiger partial charge in [0.25, 0.3) is 11.8 Å². The van der Waals surface area contributed by atoms with Crippen molar-refractivity contribution >= 4 is 35.3 Å². The van der Waals surface area contributed by atoms with Gasteiger partial charge in [0.15, 0.2) is 24.7 Å². The summed E-state index contributed by atoms with van der Waals surface area (Å²) in [5.41, 5.74) is 0.598. The highest BCUT2D eigenvalue weighted by atomic mass is 32.2. The lowest BCUT2D eigenvalue weighted by atomic mass is 10.0. The summed E-state index contributed by atoms with van der Waals surface area (Å²) in [5, 5.41) is 23.9.